The van der Waals surface area contributed by atoms with Gasteiger partial charge in [-0.25, -0.2) is 14.6 Å². The minimum absolute atomic E-state index is 0.0739. The molecule has 13 heteroatoms. The van der Waals surface area contributed by atoms with Crippen LogP contribution in [0.1, 0.15) is 13.3 Å². The van der Waals surface area contributed by atoms with E-state index >= 15 is 0 Å². The second-order valence-electron chi connectivity index (χ2n) is 5.68. The molecule has 150 valence electrons. The zero-order chi connectivity index (χ0) is 20.4. The van der Waals surface area contributed by atoms with Gasteiger partial charge in [-0.3, -0.25) is 15.0 Å². The highest BCUT2D eigenvalue weighted by Gasteiger charge is 2.26. The molecule has 0 bridgehead atoms. The fraction of sp³-hybridized carbons (Fsp3) is 0.692. The Labute approximate surface area is 149 Å². The van der Waals surface area contributed by atoms with Gasteiger partial charge in [-0.15, -0.1) is 0 Å². The number of urea groups is 1. The van der Waals surface area contributed by atoms with Crippen LogP contribution in [0, 0.1) is 0 Å². The van der Waals surface area contributed by atoms with Crippen LogP contribution in [0.5, 0.6) is 0 Å². The summed E-state index contributed by atoms with van der Waals surface area (Å²) in [6, 6.07) is -4.73. The molecule has 4 amide bonds. The van der Waals surface area contributed by atoms with E-state index in [4.69, 9.17) is 21.7 Å². The van der Waals surface area contributed by atoms with Crippen molar-refractivity contribution in [2.24, 2.45) is 11.5 Å². The predicted octanol–water partition coefficient (Wildman–Crippen LogP) is -4.35. The summed E-state index contributed by atoms with van der Waals surface area (Å²) >= 11 is 0. The number of hydrazine groups is 1. The number of carboxylic acids is 1. The smallest absolute Gasteiger partial charge is 0.328 e. The Hall–Kier alpha value is -2.48. The van der Waals surface area contributed by atoms with Gasteiger partial charge in [-0.2, -0.15) is 0 Å². The maximum Gasteiger partial charge on any atom is 0.328 e. The first-order valence-electron chi connectivity index (χ1n) is 7.62. The second kappa shape index (κ2) is 11.2. The van der Waals surface area contributed by atoms with E-state index < -0.39 is 61.1 Å². The minimum atomic E-state index is -1.58. The van der Waals surface area contributed by atoms with E-state index in [0.29, 0.717) is 0 Å². The van der Waals surface area contributed by atoms with Crippen LogP contribution in [-0.4, -0.2) is 88.6 Å². The monoisotopic (exact) mass is 378 g/mol. The Morgan fingerprint density at radius 1 is 1.15 bits per heavy atom. The third-order valence-electron chi connectivity index (χ3n) is 3.22. The minimum Gasteiger partial charge on any atom is -0.480 e. The average molecular weight is 378 g/mol. The Balaban J connectivity index is 4.86. The maximum absolute atomic E-state index is 12.2. The molecule has 4 atom stereocenters. The molecule has 26 heavy (non-hydrogen) atoms. The van der Waals surface area contributed by atoms with Gasteiger partial charge in [0.05, 0.1) is 19.1 Å². The van der Waals surface area contributed by atoms with Crippen LogP contribution in [0.4, 0.5) is 4.79 Å². The molecular weight excluding hydrogens is 352 g/mol. The SMILES string of the molecule is CC(O)[C@@H](N)CN(C)NC(=O)[C@@H](CC(N)=O)NC(=O)N[C@H](CO)C(=O)O. The zero-order valence-electron chi connectivity index (χ0n) is 14.5. The molecule has 0 spiro atoms. The predicted molar refractivity (Wildman–Crippen MR) is 88.2 cm³/mol. The molecule has 13 nitrogen and oxygen atoms in total. The number of nitrogens with two attached hydrogens (primary N) is 2. The normalized spacial score (nSPS) is 15.5. The highest BCUT2D eigenvalue weighted by atomic mass is 16.4. The van der Waals surface area contributed by atoms with Gasteiger partial charge >= 0.3 is 12.0 Å². The lowest BCUT2D eigenvalue weighted by molar-refractivity contribution is -0.140. The van der Waals surface area contributed by atoms with Crippen LogP contribution in [0.15, 0.2) is 0 Å². The number of aliphatic hydroxyl groups excluding tert-OH is 2. The molecule has 0 aliphatic carbocycles. The van der Waals surface area contributed by atoms with Crippen molar-refractivity contribution in [2.45, 2.75) is 37.6 Å². The summed E-state index contributed by atoms with van der Waals surface area (Å²) in [4.78, 5) is 45.8. The van der Waals surface area contributed by atoms with E-state index in [1.54, 1.807) is 0 Å². The number of carboxylic acid groups (broad SMARTS) is 1. The first-order chi connectivity index (χ1) is 12.0. The van der Waals surface area contributed by atoms with E-state index in [1.807, 2.05) is 5.32 Å². The average Bonchev–Trinajstić information content (AvgIpc) is 2.50. The molecule has 0 saturated heterocycles. The van der Waals surface area contributed by atoms with Crippen LogP contribution >= 0.6 is 0 Å². The maximum atomic E-state index is 12.2. The third kappa shape index (κ3) is 9.12. The number of likely N-dealkylation sites (N-methyl/N-ethyl adjacent to an activating group) is 1. The van der Waals surface area contributed by atoms with Crippen LogP contribution in [0.2, 0.25) is 0 Å². The molecule has 0 aromatic heterocycles. The number of carbonyl (C=O) groups is 4. The van der Waals surface area contributed by atoms with Gasteiger partial charge in [0.2, 0.25) is 5.91 Å². The van der Waals surface area contributed by atoms with Gasteiger partial charge in [-0.05, 0) is 6.92 Å². The summed E-state index contributed by atoms with van der Waals surface area (Å²) in [5.74, 6) is -3.17. The van der Waals surface area contributed by atoms with Gasteiger partial charge in [0.25, 0.3) is 5.91 Å². The number of carbonyl (C=O) groups excluding carboxylic acids is 3. The van der Waals surface area contributed by atoms with Crippen molar-refractivity contribution < 1.29 is 34.5 Å². The van der Waals surface area contributed by atoms with Gasteiger partial charge < -0.3 is 37.4 Å². The number of amides is 4. The van der Waals surface area contributed by atoms with Crippen molar-refractivity contribution >= 4 is 23.8 Å². The summed E-state index contributed by atoms with van der Waals surface area (Å²) in [6.07, 6.45) is -1.38. The topological polar surface area (TPSA) is 220 Å². The summed E-state index contributed by atoms with van der Waals surface area (Å²) in [6.45, 7) is 0.683. The molecule has 0 rings (SSSR count). The molecule has 0 aliphatic rings. The third-order valence-corrected chi connectivity index (χ3v) is 3.22. The fourth-order valence-corrected chi connectivity index (χ4v) is 1.73. The van der Waals surface area contributed by atoms with Crippen molar-refractivity contribution in [3.8, 4) is 0 Å². The molecule has 0 aromatic rings. The lowest BCUT2D eigenvalue weighted by Gasteiger charge is -2.26. The Bertz CT molecular complexity index is 515. The standard InChI is InChI=1S/C13H26N6O7/c1-6(21)7(14)4-19(2)18-11(23)8(3-10(15)22)16-13(26)17-9(5-20)12(24)25/h6-9,20-21H,3-5,14H2,1-2H3,(H2,15,22)(H,18,23)(H,24,25)(H2,16,17,26)/t6?,7-,8+,9+/m0/s1. The van der Waals surface area contributed by atoms with Crippen molar-refractivity contribution in [1.82, 2.24) is 21.1 Å². The second-order valence-corrected chi connectivity index (χ2v) is 5.68. The molecule has 0 radical (unpaired) electrons. The number of nitrogens with zero attached hydrogens (tertiary/aromatic N) is 1. The largest absolute Gasteiger partial charge is 0.480 e. The van der Waals surface area contributed by atoms with Crippen molar-refractivity contribution in [3.05, 3.63) is 0 Å². The Kier molecular flexibility index (Phi) is 10.1. The van der Waals surface area contributed by atoms with E-state index in [1.165, 1.54) is 19.0 Å². The summed E-state index contributed by atoms with van der Waals surface area (Å²) in [5, 5.41) is 32.3. The number of hydrogen-bond acceptors (Lipinski definition) is 8. The van der Waals surface area contributed by atoms with E-state index in [9.17, 15) is 24.3 Å². The number of nitrogens with one attached hydrogen (secondary N) is 3. The summed E-state index contributed by atoms with van der Waals surface area (Å²) in [7, 11) is 1.45. The number of hydrogen-bond donors (Lipinski definition) is 8. The van der Waals surface area contributed by atoms with Gasteiger partial charge in [0.1, 0.15) is 6.04 Å². The van der Waals surface area contributed by atoms with E-state index in [0.717, 1.165) is 0 Å². The van der Waals surface area contributed by atoms with Crippen molar-refractivity contribution in [1.29, 1.82) is 0 Å². The fourth-order valence-electron chi connectivity index (χ4n) is 1.73. The lowest BCUT2D eigenvalue weighted by atomic mass is 10.2. The van der Waals surface area contributed by atoms with E-state index in [-0.39, 0.29) is 6.54 Å². The summed E-state index contributed by atoms with van der Waals surface area (Å²) in [5.41, 5.74) is 13.0. The Morgan fingerprint density at radius 3 is 2.12 bits per heavy atom. The summed E-state index contributed by atoms with van der Waals surface area (Å²) < 4.78 is 0. The molecule has 0 saturated carbocycles. The number of rotatable bonds is 11. The van der Waals surface area contributed by atoms with Crippen LogP contribution in [0.25, 0.3) is 0 Å². The molecule has 0 heterocycles. The Morgan fingerprint density at radius 2 is 1.69 bits per heavy atom. The number of primary amides is 1. The highest BCUT2D eigenvalue weighted by molar-refractivity contribution is 5.92. The van der Waals surface area contributed by atoms with Crippen LogP contribution < -0.4 is 27.5 Å². The van der Waals surface area contributed by atoms with E-state index in [2.05, 4.69) is 10.7 Å². The number of aliphatic hydroxyl groups is 2. The highest BCUT2D eigenvalue weighted by Crippen LogP contribution is 1.96. The van der Waals surface area contributed by atoms with Gasteiger partial charge in [0.15, 0.2) is 6.04 Å². The van der Waals surface area contributed by atoms with Gasteiger partial charge in [-0.1, -0.05) is 0 Å². The van der Waals surface area contributed by atoms with Crippen LogP contribution in [-0.2, 0) is 14.4 Å². The van der Waals surface area contributed by atoms with Gasteiger partial charge in [0, 0.05) is 19.6 Å². The zero-order valence-corrected chi connectivity index (χ0v) is 14.5. The molecular formula is C13H26N6O7. The molecule has 10 N–H and O–H groups in total. The molecule has 1 unspecified atom stereocenters. The first kappa shape index (κ1) is 23.5. The van der Waals surface area contributed by atoms with Crippen molar-refractivity contribution in [2.75, 3.05) is 20.2 Å². The molecule has 0 fully saturated rings. The quantitative estimate of drug-likeness (QED) is 0.162. The van der Waals surface area contributed by atoms with Crippen LogP contribution in [0.3, 0.4) is 0 Å². The lowest BCUT2D eigenvalue weighted by Crippen LogP contribution is -2.58. The molecule has 0 aliphatic heterocycles. The number of aliphatic carboxylic acids is 1. The molecule has 0 aromatic carbocycles. The van der Waals surface area contributed by atoms with Crippen molar-refractivity contribution in [3.63, 3.8) is 0 Å². The first-order valence-corrected chi connectivity index (χ1v) is 7.62.